The summed E-state index contributed by atoms with van der Waals surface area (Å²) in [5, 5.41) is 8.56. The van der Waals surface area contributed by atoms with Crippen LogP contribution >= 0.6 is 0 Å². The van der Waals surface area contributed by atoms with Crippen LogP contribution in [0.4, 0.5) is 0 Å². The SMILES string of the molecule is CC1CN(C(=O)C(=O)O)CC(C)(C)O1. The van der Waals surface area contributed by atoms with Crippen molar-refractivity contribution in [1.29, 1.82) is 0 Å². The van der Waals surface area contributed by atoms with E-state index in [4.69, 9.17) is 9.84 Å². The van der Waals surface area contributed by atoms with Gasteiger partial charge in [-0.25, -0.2) is 4.79 Å². The molecule has 1 fully saturated rings. The van der Waals surface area contributed by atoms with E-state index in [-0.39, 0.29) is 6.10 Å². The lowest BCUT2D eigenvalue weighted by Gasteiger charge is -2.40. The number of carbonyl (C=O) groups excluding carboxylic acids is 1. The Labute approximate surface area is 82.6 Å². The minimum atomic E-state index is -1.41. The molecule has 1 heterocycles. The van der Waals surface area contributed by atoms with Crippen LogP contribution in [0, 0.1) is 0 Å². The molecule has 0 spiro atoms. The van der Waals surface area contributed by atoms with Crippen LogP contribution in [0.3, 0.4) is 0 Å². The zero-order chi connectivity index (χ0) is 10.9. The van der Waals surface area contributed by atoms with Gasteiger partial charge in [-0.05, 0) is 20.8 Å². The zero-order valence-electron chi connectivity index (χ0n) is 8.61. The molecule has 0 aromatic carbocycles. The average molecular weight is 201 g/mol. The topological polar surface area (TPSA) is 66.8 Å². The number of morpholine rings is 1. The Morgan fingerprint density at radius 3 is 2.50 bits per heavy atom. The highest BCUT2D eigenvalue weighted by atomic mass is 16.5. The molecule has 1 aliphatic heterocycles. The van der Waals surface area contributed by atoms with Gasteiger partial charge in [-0.15, -0.1) is 0 Å². The van der Waals surface area contributed by atoms with Gasteiger partial charge in [0.2, 0.25) is 0 Å². The summed E-state index contributed by atoms with van der Waals surface area (Å²) in [5.74, 6) is -2.26. The normalized spacial score (nSPS) is 25.9. The van der Waals surface area contributed by atoms with Gasteiger partial charge in [-0.1, -0.05) is 0 Å². The van der Waals surface area contributed by atoms with E-state index >= 15 is 0 Å². The molecule has 0 saturated carbocycles. The Morgan fingerprint density at radius 1 is 1.50 bits per heavy atom. The summed E-state index contributed by atoms with van der Waals surface area (Å²) >= 11 is 0. The number of aliphatic carboxylic acids is 1. The molecule has 1 N–H and O–H groups in total. The molecule has 1 aliphatic rings. The zero-order valence-corrected chi connectivity index (χ0v) is 8.61. The molecule has 0 radical (unpaired) electrons. The molecule has 0 aromatic rings. The lowest BCUT2D eigenvalue weighted by Crippen LogP contribution is -2.55. The van der Waals surface area contributed by atoms with Crippen LogP contribution in [0.15, 0.2) is 0 Å². The first-order valence-corrected chi connectivity index (χ1v) is 4.52. The summed E-state index contributed by atoms with van der Waals surface area (Å²) in [5.41, 5.74) is -0.469. The van der Waals surface area contributed by atoms with Gasteiger partial charge in [0.25, 0.3) is 0 Å². The van der Waals surface area contributed by atoms with Crippen molar-refractivity contribution in [1.82, 2.24) is 4.90 Å². The molecular formula is C9H15NO4. The van der Waals surface area contributed by atoms with Gasteiger partial charge in [0.05, 0.1) is 11.7 Å². The van der Waals surface area contributed by atoms with Crippen LogP contribution in [0.25, 0.3) is 0 Å². The van der Waals surface area contributed by atoms with E-state index < -0.39 is 17.5 Å². The van der Waals surface area contributed by atoms with E-state index in [2.05, 4.69) is 0 Å². The standard InChI is InChI=1S/C9H15NO4/c1-6-4-10(7(11)8(12)13)5-9(2,3)14-6/h6H,4-5H2,1-3H3,(H,12,13). The van der Waals surface area contributed by atoms with Crippen molar-refractivity contribution in [3.63, 3.8) is 0 Å². The van der Waals surface area contributed by atoms with E-state index in [1.807, 2.05) is 20.8 Å². The van der Waals surface area contributed by atoms with E-state index in [0.717, 1.165) is 0 Å². The predicted octanol–water partition coefficient (Wildman–Crippen LogP) is 0.0969. The van der Waals surface area contributed by atoms with Crippen LogP contribution in [-0.4, -0.2) is 46.7 Å². The first kappa shape index (κ1) is 11.0. The number of hydrogen-bond donors (Lipinski definition) is 1. The van der Waals surface area contributed by atoms with E-state index in [1.54, 1.807) is 0 Å². The van der Waals surface area contributed by atoms with Crippen molar-refractivity contribution in [2.24, 2.45) is 0 Å². The molecule has 1 amide bonds. The highest BCUT2D eigenvalue weighted by Gasteiger charge is 2.35. The van der Waals surface area contributed by atoms with Crippen molar-refractivity contribution < 1.29 is 19.4 Å². The van der Waals surface area contributed by atoms with Crippen LogP contribution in [0.1, 0.15) is 20.8 Å². The monoisotopic (exact) mass is 201 g/mol. The van der Waals surface area contributed by atoms with Gasteiger partial charge in [-0.3, -0.25) is 4.79 Å². The maximum Gasteiger partial charge on any atom is 0.394 e. The molecule has 14 heavy (non-hydrogen) atoms. The lowest BCUT2D eigenvalue weighted by molar-refractivity contribution is -0.169. The van der Waals surface area contributed by atoms with Crippen LogP contribution in [0.2, 0.25) is 0 Å². The molecule has 0 bridgehead atoms. The number of amides is 1. The fraction of sp³-hybridized carbons (Fsp3) is 0.778. The Bertz CT molecular complexity index is 262. The molecule has 5 nitrogen and oxygen atoms in total. The summed E-state index contributed by atoms with van der Waals surface area (Å²) in [6, 6.07) is 0. The lowest BCUT2D eigenvalue weighted by atomic mass is 10.1. The van der Waals surface area contributed by atoms with Crippen LogP contribution < -0.4 is 0 Å². The fourth-order valence-corrected chi connectivity index (χ4v) is 1.74. The Hall–Kier alpha value is -1.10. The molecule has 80 valence electrons. The largest absolute Gasteiger partial charge is 0.474 e. The smallest absolute Gasteiger partial charge is 0.394 e. The summed E-state index contributed by atoms with van der Waals surface area (Å²) < 4.78 is 5.55. The van der Waals surface area contributed by atoms with Crippen LogP contribution in [-0.2, 0) is 14.3 Å². The van der Waals surface area contributed by atoms with Gasteiger partial charge in [0.1, 0.15) is 0 Å². The molecule has 0 aliphatic carbocycles. The number of ether oxygens (including phenoxy) is 1. The molecule has 0 aromatic heterocycles. The third kappa shape index (κ3) is 2.45. The van der Waals surface area contributed by atoms with Crippen LogP contribution in [0.5, 0.6) is 0 Å². The van der Waals surface area contributed by atoms with E-state index in [9.17, 15) is 9.59 Å². The first-order valence-electron chi connectivity index (χ1n) is 4.52. The second kappa shape index (κ2) is 3.57. The van der Waals surface area contributed by atoms with Crippen molar-refractivity contribution in [2.45, 2.75) is 32.5 Å². The second-order valence-electron chi connectivity index (χ2n) is 4.18. The third-order valence-electron chi connectivity index (χ3n) is 2.04. The van der Waals surface area contributed by atoms with Crippen molar-refractivity contribution >= 4 is 11.9 Å². The molecule has 1 unspecified atom stereocenters. The maximum atomic E-state index is 11.2. The molecule has 5 heteroatoms. The Morgan fingerprint density at radius 2 is 2.07 bits per heavy atom. The quantitative estimate of drug-likeness (QED) is 0.564. The number of rotatable bonds is 0. The summed E-state index contributed by atoms with van der Waals surface area (Å²) in [4.78, 5) is 23.0. The highest BCUT2D eigenvalue weighted by Crippen LogP contribution is 2.20. The number of carbonyl (C=O) groups is 2. The van der Waals surface area contributed by atoms with Gasteiger partial charge in [0.15, 0.2) is 0 Å². The minimum Gasteiger partial charge on any atom is -0.474 e. The van der Waals surface area contributed by atoms with Crippen molar-refractivity contribution in [2.75, 3.05) is 13.1 Å². The number of carboxylic acid groups (broad SMARTS) is 1. The van der Waals surface area contributed by atoms with E-state index in [1.165, 1.54) is 4.90 Å². The average Bonchev–Trinajstić information content (AvgIpc) is 1.98. The molecule has 1 atom stereocenters. The highest BCUT2D eigenvalue weighted by molar-refractivity contribution is 6.31. The van der Waals surface area contributed by atoms with Crippen molar-refractivity contribution in [3.05, 3.63) is 0 Å². The maximum absolute atomic E-state index is 11.2. The minimum absolute atomic E-state index is 0.123. The van der Waals surface area contributed by atoms with Crippen molar-refractivity contribution in [3.8, 4) is 0 Å². The molecule has 1 rings (SSSR count). The van der Waals surface area contributed by atoms with Gasteiger partial charge >= 0.3 is 11.9 Å². The first-order chi connectivity index (χ1) is 6.32. The van der Waals surface area contributed by atoms with Gasteiger partial charge in [-0.2, -0.15) is 0 Å². The summed E-state index contributed by atoms with van der Waals surface area (Å²) in [6.07, 6.45) is -0.123. The Kier molecular flexibility index (Phi) is 2.80. The number of carboxylic acids is 1. The Balaban J connectivity index is 2.72. The summed E-state index contributed by atoms with van der Waals surface area (Å²) in [6.45, 7) is 6.16. The predicted molar refractivity (Wildman–Crippen MR) is 48.8 cm³/mol. The number of hydrogen-bond acceptors (Lipinski definition) is 3. The van der Waals surface area contributed by atoms with Gasteiger partial charge in [0, 0.05) is 13.1 Å². The third-order valence-corrected chi connectivity index (χ3v) is 2.04. The summed E-state index contributed by atoms with van der Waals surface area (Å²) in [7, 11) is 0. The molecular weight excluding hydrogens is 186 g/mol. The second-order valence-corrected chi connectivity index (χ2v) is 4.18. The van der Waals surface area contributed by atoms with E-state index in [0.29, 0.717) is 13.1 Å². The fourth-order valence-electron chi connectivity index (χ4n) is 1.74. The molecule has 1 saturated heterocycles. The van der Waals surface area contributed by atoms with Gasteiger partial charge < -0.3 is 14.7 Å². The number of nitrogens with zero attached hydrogens (tertiary/aromatic N) is 1.